The largest absolute Gasteiger partial charge is 0.207 e. The molecule has 0 saturated heterocycles. The predicted molar refractivity (Wildman–Crippen MR) is 85.9 cm³/mol. The first-order valence-corrected chi connectivity index (χ1v) is 7.82. The fourth-order valence-electron chi connectivity index (χ4n) is 1.61. The van der Waals surface area contributed by atoms with Gasteiger partial charge in [-0.05, 0) is 74.4 Å². The molecule has 100 valence electrons. The topological polar surface area (TPSA) is 0 Å². The normalized spacial score (nSPS) is 12.5. The Labute approximate surface area is 141 Å². The number of hydrogen-bond donors (Lipinski definition) is 0. The van der Waals surface area contributed by atoms with Gasteiger partial charge in [0.1, 0.15) is 11.6 Å². The van der Waals surface area contributed by atoms with Gasteiger partial charge in [-0.3, -0.25) is 0 Å². The van der Waals surface area contributed by atoms with Gasteiger partial charge in [0.05, 0.1) is 9.85 Å². The van der Waals surface area contributed by atoms with E-state index in [0.717, 1.165) is 15.7 Å². The molecule has 6 heteroatoms. The van der Waals surface area contributed by atoms with Crippen LogP contribution in [-0.2, 0) is 0 Å². The molecule has 19 heavy (non-hydrogen) atoms. The Hall–Kier alpha value is 0.0900. The Bertz CT molecular complexity index is 634. The Morgan fingerprint density at radius 1 is 1.05 bits per heavy atom. The minimum Gasteiger partial charge on any atom is -0.207 e. The second-order valence-corrected chi connectivity index (χ2v) is 6.71. The summed E-state index contributed by atoms with van der Waals surface area (Å²) >= 11 is 17.2. The van der Waals surface area contributed by atoms with Crippen molar-refractivity contribution in [2.75, 3.05) is 0 Å². The van der Waals surface area contributed by atoms with Crippen molar-refractivity contribution in [1.82, 2.24) is 0 Å². The van der Waals surface area contributed by atoms with E-state index in [-0.39, 0.29) is 10.0 Å². The smallest absolute Gasteiger partial charge is 0.137 e. The molecule has 0 aliphatic carbocycles. The number of halogens is 6. The van der Waals surface area contributed by atoms with Gasteiger partial charge < -0.3 is 0 Å². The fraction of sp³-hybridized carbons (Fsp3) is 0.0769. The van der Waals surface area contributed by atoms with Crippen LogP contribution < -0.4 is 0 Å². The quantitative estimate of drug-likeness (QED) is 0.270. The van der Waals surface area contributed by atoms with Crippen molar-refractivity contribution >= 4 is 61.7 Å². The van der Waals surface area contributed by atoms with Crippen molar-refractivity contribution in [2.24, 2.45) is 0 Å². The third kappa shape index (κ3) is 3.40. The molecule has 0 spiro atoms. The van der Waals surface area contributed by atoms with E-state index in [1.807, 2.05) is 0 Å². The summed E-state index contributed by atoms with van der Waals surface area (Å²) in [6, 6.07) is 7.31. The molecule has 0 radical (unpaired) electrons. The lowest BCUT2D eigenvalue weighted by molar-refractivity contribution is 0.582. The fourth-order valence-corrected chi connectivity index (χ4v) is 3.28. The summed E-state index contributed by atoms with van der Waals surface area (Å²) in [5.74, 6) is -1.12. The number of hydrogen-bond acceptors (Lipinski definition) is 0. The summed E-state index contributed by atoms with van der Waals surface area (Å²) in [7, 11) is 0. The summed E-state index contributed by atoms with van der Waals surface area (Å²) in [6.45, 7) is 0. The van der Waals surface area contributed by atoms with Crippen LogP contribution >= 0.6 is 61.7 Å². The highest BCUT2D eigenvalue weighted by Gasteiger charge is 2.20. The molecular weight excluding hydrogens is 472 g/mol. The van der Waals surface area contributed by atoms with Crippen LogP contribution in [0.4, 0.5) is 8.78 Å². The second kappa shape index (κ2) is 6.24. The first kappa shape index (κ1) is 15.5. The van der Waals surface area contributed by atoms with Crippen LogP contribution in [0.25, 0.3) is 0 Å². The molecule has 0 saturated carbocycles. The highest BCUT2D eigenvalue weighted by Crippen LogP contribution is 2.36. The molecule has 2 rings (SSSR count). The zero-order valence-electron chi connectivity index (χ0n) is 9.23. The molecule has 2 aromatic rings. The number of benzene rings is 2. The van der Waals surface area contributed by atoms with E-state index < -0.39 is 17.0 Å². The van der Waals surface area contributed by atoms with Crippen molar-refractivity contribution < 1.29 is 8.78 Å². The first-order valence-electron chi connectivity index (χ1n) is 5.13. The van der Waals surface area contributed by atoms with Gasteiger partial charge in [-0.1, -0.05) is 11.6 Å². The Balaban J connectivity index is 2.52. The van der Waals surface area contributed by atoms with Gasteiger partial charge in [0, 0.05) is 14.2 Å². The van der Waals surface area contributed by atoms with Crippen molar-refractivity contribution in [1.29, 1.82) is 0 Å². The summed E-state index contributed by atoms with van der Waals surface area (Å²) in [6.07, 6.45) is 0. The van der Waals surface area contributed by atoms with E-state index in [9.17, 15) is 8.78 Å². The number of alkyl halides is 1. The Kier molecular flexibility index (Phi) is 5.09. The Morgan fingerprint density at radius 2 is 1.74 bits per heavy atom. The first-order chi connectivity index (χ1) is 8.90. The van der Waals surface area contributed by atoms with E-state index in [1.165, 1.54) is 0 Å². The van der Waals surface area contributed by atoms with E-state index in [0.29, 0.717) is 10.6 Å². The second-order valence-electron chi connectivity index (χ2n) is 3.82. The average Bonchev–Trinajstić information content (AvgIpc) is 2.36. The molecular formula is C13H6BrCl2F2I. The minimum atomic E-state index is -0.798. The molecule has 1 unspecified atom stereocenters. The summed E-state index contributed by atoms with van der Waals surface area (Å²) < 4.78 is 28.3. The lowest BCUT2D eigenvalue weighted by atomic mass is 10.0. The molecule has 0 aromatic heterocycles. The van der Waals surface area contributed by atoms with Crippen molar-refractivity contribution in [3.05, 3.63) is 66.2 Å². The van der Waals surface area contributed by atoms with Crippen LogP contribution in [0.15, 0.2) is 34.8 Å². The highest BCUT2D eigenvalue weighted by atomic mass is 127. The Morgan fingerprint density at radius 3 is 2.42 bits per heavy atom. The molecule has 0 bridgehead atoms. The van der Waals surface area contributed by atoms with Gasteiger partial charge in [-0.25, -0.2) is 8.78 Å². The van der Waals surface area contributed by atoms with Crippen molar-refractivity contribution in [3.63, 3.8) is 0 Å². The maximum Gasteiger partial charge on any atom is 0.137 e. The molecule has 0 N–H and O–H groups in total. The summed E-state index contributed by atoms with van der Waals surface area (Å²) in [5.41, 5.74) is 0.734. The minimum absolute atomic E-state index is 0.0680. The molecule has 0 fully saturated rings. The van der Waals surface area contributed by atoms with Crippen molar-refractivity contribution in [2.45, 2.75) is 5.38 Å². The van der Waals surface area contributed by atoms with Gasteiger partial charge >= 0.3 is 0 Å². The van der Waals surface area contributed by atoms with E-state index in [1.54, 1.807) is 18.2 Å². The molecule has 2 aromatic carbocycles. The van der Waals surface area contributed by atoms with Crippen LogP contribution in [0.2, 0.25) is 5.02 Å². The van der Waals surface area contributed by atoms with Gasteiger partial charge in [-0.15, -0.1) is 11.6 Å². The lowest BCUT2D eigenvalue weighted by Crippen LogP contribution is -2.01. The van der Waals surface area contributed by atoms with Crippen LogP contribution in [-0.4, -0.2) is 0 Å². The van der Waals surface area contributed by atoms with Gasteiger partial charge in [0.25, 0.3) is 0 Å². The predicted octanol–water partition coefficient (Wildman–Crippen LogP) is 6.31. The van der Waals surface area contributed by atoms with Crippen LogP contribution in [0.1, 0.15) is 16.5 Å². The highest BCUT2D eigenvalue weighted by molar-refractivity contribution is 14.1. The monoisotopic (exact) mass is 476 g/mol. The third-order valence-electron chi connectivity index (χ3n) is 2.54. The van der Waals surface area contributed by atoms with E-state index >= 15 is 0 Å². The van der Waals surface area contributed by atoms with E-state index in [4.69, 9.17) is 23.2 Å². The van der Waals surface area contributed by atoms with Crippen LogP contribution in [0.5, 0.6) is 0 Å². The molecule has 0 aliphatic rings. The van der Waals surface area contributed by atoms with Gasteiger partial charge in [-0.2, -0.15) is 0 Å². The maximum atomic E-state index is 13.9. The molecule has 1 atom stereocenters. The van der Waals surface area contributed by atoms with Crippen LogP contribution in [0.3, 0.4) is 0 Å². The molecule has 0 aliphatic heterocycles. The zero-order valence-corrected chi connectivity index (χ0v) is 14.5. The molecule has 0 nitrogen and oxygen atoms in total. The number of rotatable bonds is 2. The van der Waals surface area contributed by atoms with Crippen molar-refractivity contribution in [3.8, 4) is 0 Å². The molecule has 0 amide bonds. The zero-order chi connectivity index (χ0) is 14.2. The SMILES string of the molecule is Fc1cc(C(Cl)c2cc(Cl)ccc2I)c(F)cc1Br. The van der Waals surface area contributed by atoms with Gasteiger partial charge in [0.15, 0.2) is 0 Å². The summed E-state index contributed by atoms with van der Waals surface area (Å²) in [5, 5.41) is -0.299. The summed E-state index contributed by atoms with van der Waals surface area (Å²) in [4.78, 5) is 0. The lowest BCUT2D eigenvalue weighted by Gasteiger charge is -2.14. The van der Waals surface area contributed by atoms with Gasteiger partial charge in [0.2, 0.25) is 0 Å². The standard InChI is InChI=1S/C13H6BrCl2F2I/c14-9-5-10(17)7(4-11(9)18)13(16)8-3-6(15)1-2-12(8)19/h1-5,13H. The van der Waals surface area contributed by atoms with E-state index in [2.05, 4.69) is 38.5 Å². The maximum absolute atomic E-state index is 13.9. The third-order valence-corrected chi connectivity index (χ3v) is 4.84. The van der Waals surface area contributed by atoms with Crippen LogP contribution in [0, 0.1) is 15.2 Å². The average molecular weight is 478 g/mol. The molecule has 0 heterocycles.